The number of hydrogen-bond donors (Lipinski definition) is 2. The molecule has 0 saturated heterocycles. The Kier molecular flexibility index (Phi) is 4.52. The molecule has 124 valence electrons. The van der Waals surface area contributed by atoms with Gasteiger partial charge < -0.3 is 10.6 Å². The molecule has 7 heteroatoms. The Balaban J connectivity index is 1.93. The van der Waals surface area contributed by atoms with Crippen LogP contribution in [0.3, 0.4) is 0 Å². The minimum Gasteiger partial charge on any atom is -0.349 e. The molecule has 1 atom stereocenters. The second kappa shape index (κ2) is 6.76. The highest BCUT2D eigenvalue weighted by atomic mass is 16.2. The maximum atomic E-state index is 12.3. The monoisotopic (exact) mass is 324 g/mol. The van der Waals surface area contributed by atoms with Crippen LogP contribution >= 0.6 is 0 Å². The zero-order valence-corrected chi connectivity index (χ0v) is 13.9. The molecule has 0 aliphatic carbocycles. The summed E-state index contributed by atoms with van der Waals surface area (Å²) < 4.78 is 1.66. The summed E-state index contributed by atoms with van der Waals surface area (Å²) in [5.41, 5.74) is 2.64. The van der Waals surface area contributed by atoms with E-state index >= 15 is 0 Å². The molecule has 0 aliphatic heterocycles. The van der Waals surface area contributed by atoms with Gasteiger partial charge in [-0.05, 0) is 33.0 Å². The third-order valence-electron chi connectivity index (χ3n) is 4.01. The minimum atomic E-state index is -0.228. The maximum Gasteiger partial charge on any atom is 0.273 e. The molecule has 2 aromatic heterocycles. The lowest BCUT2D eigenvalue weighted by atomic mass is 10.2. The summed E-state index contributed by atoms with van der Waals surface area (Å²) in [5.74, 6) is -0.228. The number of fused-ring (bicyclic) bond motifs is 1. The van der Waals surface area contributed by atoms with E-state index < -0.39 is 0 Å². The van der Waals surface area contributed by atoms with E-state index in [0.717, 1.165) is 16.6 Å². The highest BCUT2D eigenvalue weighted by molar-refractivity contribution is 5.93. The lowest BCUT2D eigenvalue weighted by molar-refractivity contribution is 0.0945. The quantitative estimate of drug-likeness (QED) is 0.742. The average Bonchev–Trinajstić information content (AvgIpc) is 3.00. The number of pyridine rings is 1. The smallest absolute Gasteiger partial charge is 0.273 e. The summed E-state index contributed by atoms with van der Waals surface area (Å²) in [6.07, 6.45) is 1.74. The molecule has 1 unspecified atom stereocenters. The molecule has 3 rings (SSSR count). The van der Waals surface area contributed by atoms with Gasteiger partial charge in [-0.15, -0.1) is 5.10 Å². The summed E-state index contributed by atoms with van der Waals surface area (Å²) in [5, 5.41) is 15.2. The van der Waals surface area contributed by atoms with Crippen molar-refractivity contribution in [3.63, 3.8) is 0 Å². The molecule has 0 aliphatic rings. The SMILES string of the molecule is CNC(C)CNC(=O)c1nnn(-c2cccc3cccnc23)c1C. The van der Waals surface area contributed by atoms with Gasteiger partial charge in [0.1, 0.15) is 0 Å². The van der Waals surface area contributed by atoms with Gasteiger partial charge in [0.2, 0.25) is 0 Å². The topological polar surface area (TPSA) is 84.7 Å². The van der Waals surface area contributed by atoms with Gasteiger partial charge in [0.15, 0.2) is 5.69 Å². The third-order valence-corrected chi connectivity index (χ3v) is 4.01. The van der Waals surface area contributed by atoms with Crippen LogP contribution in [0.2, 0.25) is 0 Å². The largest absolute Gasteiger partial charge is 0.349 e. The lowest BCUT2D eigenvalue weighted by Gasteiger charge is -2.10. The molecule has 7 nitrogen and oxygen atoms in total. The molecule has 0 saturated carbocycles. The van der Waals surface area contributed by atoms with Gasteiger partial charge >= 0.3 is 0 Å². The first-order valence-electron chi connectivity index (χ1n) is 7.83. The molecule has 1 amide bonds. The van der Waals surface area contributed by atoms with Crippen LogP contribution < -0.4 is 10.6 Å². The first kappa shape index (κ1) is 16.1. The van der Waals surface area contributed by atoms with E-state index in [2.05, 4.69) is 25.9 Å². The Bertz CT molecular complexity index is 867. The van der Waals surface area contributed by atoms with Crippen molar-refractivity contribution in [2.45, 2.75) is 19.9 Å². The summed E-state index contributed by atoms with van der Waals surface area (Å²) in [6, 6.07) is 9.92. The number of amides is 1. The molecule has 0 fully saturated rings. The van der Waals surface area contributed by atoms with Crippen LogP contribution in [0.5, 0.6) is 0 Å². The van der Waals surface area contributed by atoms with E-state index in [-0.39, 0.29) is 11.9 Å². The first-order valence-corrected chi connectivity index (χ1v) is 7.83. The molecule has 3 aromatic rings. The number of nitrogens with one attached hydrogen (secondary N) is 2. The highest BCUT2D eigenvalue weighted by Gasteiger charge is 2.18. The molecule has 2 N–H and O–H groups in total. The first-order chi connectivity index (χ1) is 11.6. The summed E-state index contributed by atoms with van der Waals surface area (Å²) in [4.78, 5) is 16.7. The standard InChI is InChI=1S/C17H20N6O/c1-11(18-3)10-20-17(24)15-12(2)23(22-21-15)14-8-4-6-13-7-5-9-19-16(13)14/h4-9,11,18H,10H2,1-3H3,(H,20,24). The fraction of sp³-hybridized carbons (Fsp3) is 0.294. The number of para-hydroxylation sites is 1. The summed E-state index contributed by atoms with van der Waals surface area (Å²) >= 11 is 0. The van der Waals surface area contributed by atoms with E-state index in [0.29, 0.717) is 17.9 Å². The van der Waals surface area contributed by atoms with Gasteiger partial charge in [-0.1, -0.05) is 23.4 Å². The van der Waals surface area contributed by atoms with Crippen molar-refractivity contribution in [2.24, 2.45) is 0 Å². The Morgan fingerprint density at radius 2 is 2.08 bits per heavy atom. The molecule has 1 aromatic carbocycles. The zero-order valence-electron chi connectivity index (χ0n) is 13.9. The van der Waals surface area contributed by atoms with E-state index in [1.54, 1.807) is 10.9 Å². The zero-order chi connectivity index (χ0) is 17.1. The maximum absolute atomic E-state index is 12.3. The number of benzene rings is 1. The molecule has 0 bridgehead atoms. The second-order valence-corrected chi connectivity index (χ2v) is 5.69. The van der Waals surface area contributed by atoms with Crippen molar-refractivity contribution in [3.05, 3.63) is 47.9 Å². The van der Waals surface area contributed by atoms with Crippen LogP contribution in [0, 0.1) is 6.92 Å². The number of carbonyl (C=O) groups excluding carboxylic acids is 1. The van der Waals surface area contributed by atoms with Gasteiger partial charge in [-0.3, -0.25) is 9.78 Å². The van der Waals surface area contributed by atoms with Crippen molar-refractivity contribution in [1.29, 1.82) is 0 Å². The number of nitrogens with zero attached hydrogens (tertiary/aromatic N) is 4. The van der Waals surface area contributed by atoms with Gasteiger partial charge in [0.25, 0.3) is 5.91 Å². The summed E-state index contributed by atoms with van der Waals surface area (Å²) in [6.45, 7) is 4.35. The number of likely N-dealkylation sites (N-methyl/N-ethyl adjacent to an activating group) is 1. The van der Waals surface area contributed by atoms with Gasteiger partial charge in [0, 0.05) is 24.2 Å². The van der Waals surface area contributed by atoms with Crippen molar-refractivity contribution < 1.29 is 4.79 Å². The highest BCUT2D eigenvalue weighted by Crippen LogP contribution is 2.21. The molecular weight excluding hydrogens is 304 g/mol. The summed E-state index contributed by atoms with van der Waals surface area (Å²) in [7, 11) is 1.85. The molecule has 2 heterocycles. The predicted molar refractivity (Wildman–Crippen MR) is 92.3 cm³/mol. The van der Waals surface area contributed by atoms with E-state index in [1.165, 1.54) is 0 Å². The Morgan fingerprint density at radius 3 is 2.88 bits per heavy atom. The molecule has 0 spiro atoms. The Morgan fingerprint density at radius 1 is 1.29 bits per heavy atom. The van der Waals surface area contributed by atoms with E-state index in [9.17, 15) is 4.79 Å². The van der Waals surface area contributed by atoms with Crippen LogP contribution in [-0.2, 0) is 0 Å². The lowest BCUT2D eigenvalue weighted by Crippen LogP contribution is -2.37. The van der Waals surface area contributed by atoms with Crippen LogP contribution in [-0.4, -0.2) is 45.5 Å². The fourth-order valence-electron chi connectivity index (χ4n) is 2.46. The number of rotatable bonds is 5. The van der Waals surface area contributed by atoms with Crippen molar-refractivity contribution >= 4 is 16.8 Å². The van der Waals surface area contributed by atoms with Crippen molar-refractivity contribution in [1.82, 2.24) is 30.6 Å². The van der Waals surface area contributed by atoms with Crippen LogP contribution in [0.1, 0.15) is 23.1 Å². The van der Waals surface area contributed by atoms with Crippen LogP contribution in [0.4, 0.5) is 0 Å². The number of hydrogen-bond acceptors (Lipinski definition) is 5. The van der Waals surface area contributed by atoms with E-state index in [1.807, 2.05) is 51.2 Å². The fourth-order valence-corrected chi connectivity index (χ4v) is 2.46. The van der Waals surface area contributed by atoms with Crippen molar-refractivity contribution in [2.75, 3.05) is 13.6 Å². The van der Waals surface area contributed by atoms with Crippen molar-refractivity contribution in [3.8, 4) is 5.69 Å². The predicted octanol–water partition coefficient (Wildman–Crippen LogP) is 1.46. The van der Waals surface area contributed by atoms with Gasteiger partial charge in [-0.2, -0.15) is 0 Å². The van der Waals surface area contributed by atoms with E-state index in [4.69, 9.17) is 0 Å². The van der Waals surface area contributed by atoms with Crippen LogP contribution in [0.15, 0.2) is 36.5 Å². The third kappa shape index (κ3) is 2.98. The molecular formula is C17H20N6O. The Labute approximate surface area is 140 Å². The Hall–Kier alpha value is -2.80. The van der Waals surface area contributed by atoms with Gasteiger partial charge in [0.05, 0.1) is 16.9 Å². The minimum absolute atomic E-state index is 0.187. The van der Waals surface area contributed by atoms with Crippen LogP contribution in [0.25, 0.3) is 16.6 Å². The second-order valence-electron chi connectivity index (χ2n) is 5.69. The molecule has 0 radical (unpaired) electrons. The number of carbonyl (C=O) groups is 1. The van der Waals surface area contributed by atoms with Gasteiger partial charge in [-0.25, -0.2) is 4.68 Å². The average molecular weight is 324 g/mol. The molecule has 24 heavy (non-hydrogen) atoms. The normalized spacial score (nSPS) is 12.3. The number of aromatic nitrogens is 4.